The van der Waals surface area contributed by atoms with Gasteiger partial charge in [-0.2, -0.15) is 0 Å². The molecule has 0 nitrogen and oxygen atoms in total. The first-order valence-electron chi connectivity index (χ1n) is 5.14. The molecule has 0 bridgehead atoms. The molecule has 0 aromatic heterocycles. The quantitative estimate of drug-likeness (QED) is 0.646. The molecule has 0 spiro atoms. The highest BCUT2D eigenvalue weighted by Gasteiger charge is 2.06. The maximum Gasteiger partial charge on any atom is 0.0137 e. The average Bonchev–Trinajstić information content (AvgIpc) is 2.17. The molecule has 15 heavy (non-hydrogen) atoms. The van der Waals surface area contributed by atoms with Gasteiger partial charge in [-0.25, -0.2) is 0 Å². The third-order valence-corrected chi connectivity index (χ3v) is 2.84. The van der Waals surface area contributed by atoms with Crippen LogP contribution < -0.4 is 0 Å². The molecule has 1 aromatic carbocycles. The van der Waals surface area contributed by atoms with E-state index >= 15 is 0 Å². The van der Waals surface area contributed by atoms with Gasteiger partial charge in [0.25, 0.3) is 0 Å². The first-order valence-corrected chi connectivity index (χ1v) is 6.02. The topological polar surface area (TPSA) is 0 Å². The van der Waals surface area contributed by atoms with Gasteiger partial charge in [0, 0.05) is 10.2 Å². The van der Waals surface area contributed by atoms with Crippen molar-refractivity contribution in [3.63, 3.8) is 0 Å². The standard InChI is InChI=1S/C14H18S/c1-12(10-11-15-14(2,3)4)13-8-6-5-7-9-13/h5-9,11H,1-4H3. The summed E-state index contributed by atoms with van der Waals surface area (Å²) in [6.07, 6.45) is 0. The Morgan fingerprint density at radius 3 is 2.33 bits per heavy atom. The minimum atomic E-state index is 0.268. The zero-order chi connectivity index (χ0) is 11.3. The highest BCUT2D eigenvalue weighted by molar-refractivity contribution is 8.03. The summed E-state index contributed by atoms with van der Waals surface area (Å²) in [7, 11) is 0. The summed E-state index contributed by atoms with van der Waals surface area (Å²) in [5.74, 6) is 0. The van der Waals surface area contributed by atoms with Gasteiger partial charge < -0.3 is 0 Å². The van der Waals surface area contributed by atoms with E-state index in [1.807, 2.05) is 6.07 Å². The maximum absolute atomic E-state index is 3.31. The first-order chi connectivity index (χ1) is 6.99. The van der Waals surface area contributed by atoms with Crippen LogP contribution in [0.5, 0.6) is 0 Å². The SMILES string of the molecule is CC(=C=CSC(C)(C)C)c1ccccc1. The minimum Gasteiger partial charge on any atom is -0.120 e. The second-order valence-electron chi connectivity index (χ2n) is 4.48. The summed E-state index contributed by atoms with van der Waals surface area (Å²) in [5.41, 5.74) is 5.74. The summed E-state index contributed by atoms with van der Waals surface area (Å²) >= 11 is 1.80. The molecule has 0 aliphatic rings. The lowest BCUT2D eigenvalue weighted by Gasteiger charge is -2.12. The predicted molar refractivity (Wildman–Crippen MR) is 71.0 cm³/mol. The molecule has 1 rings (SSSR count). The zero-order valence-corrected chi connectivity index (χ0v) is 10.7. The molecule has 1 aromatic rings. The van der Waals surface area contributed by atoms with Gasteiger partial charge in [0.15, 0.2) is 0 Å². The molecule has 0 unspecified atom stereocenters. The fourth-order valence-electron chi connectivity index (χ4n) is 1.07. The molecule has 1 heteroatoms. The van der Waals surface area contributed by atoms with E-state index in [0.29, 0.717) is 0 Å². The third kappa shape index (κ3) is 4.92. The lowest BCUT2D eigenvalue weighted by atomic mass is 10.1. The van der Waals surface area contributed by atoms with E-state index in [-0.39, 0.29) is 4.75 Å². The van der Waals surface area contributed by atoms with Crippen LogP contribution in [0.2, 0.25) is 0 Å². The molecule has 0 heterocycles. The van der Waals surface area contributed by atoms with Crippen LogP contribution >= 0.6 is 11.8 Å². The molecule has 0 radical (unpaired) electrons. The Bertz CT molecular complexity index is 362. The molecule has 0 saturated carbocycles. The van der Waals surface area contributed by atoms with E-state index in [4.69, 9.17) is 0 Å². The van der Waals surface area contributed by atoms with Crippen LogP contribution in [0.3, 0.4) is 0 Å². The summed E-state index contributed by atoms with van der Waals surface area (Å²) in [6, 6.07) is 10.4. The highest BCUT2D eigenvalue weighted by Crippen LogP contribution is 2.24. The summed E-state index contributed by atoms with van der Waals surface area (Å²) in [5, 5.41) is 2.06. The monoisotopic (exact) mass is 218 g/mol. The van der Waals surface area contributed by atoms with Crippen molar-refractivity contribution in [2.24, 2.45) is 0 Å². The van der Waals surface area contributed by atoms with Crippen LogP contribution in [0.25, 0.3) is 5.57 Å². The first kappa shape index (κ1) is 12.2. The number of rotatable bonds is 2. The molecular weight excluding hydrogens is 200 g/mol. The van der Waals surface area contributed by atoms with Gasteiger partial charge in [0.1, 0.15) is 0 Å². The molecule has 0 aliphatic carbocycles. The smallest absolute Gasteiger partial charge is 0.0137 e. The van der Waals surface area contributed by atoms with E-state index < -0.39 is 0 Å². The van der Waals surface area contributed by atoms with Crippen LogP contribution in [0.1, 0.15) is 33.3 Å². The van der Waals surface area contributed by atoms with Crippen LogP contribution in [0.15, 0.2) is 41.5 Å². The van der Waals surface area contributed by atoms with Gasteiger partial charge in [-0.05, 0) is 18.1 Å². The lowest BCUT2D eigenvalue weighted by molar-refractivity contribution is 0.808. The van der Waals surface area contributed by atoms with E-state index in [9.17, 15) is 0 Å². The second kappa shape index (κ2) is 5.25. The molecule has 0 fully saturated rings. The normalized spacial score (nSPS) is 10.7. The van der Waals surface area contributed by atoms with Crippen LogP contribution in [-0.2, 0) is 0 Å². The number of benzene rings is 1. The Labute approximate surface area is 97.1 Å². The third-order valence-electron chi connectivity index (χ3n) is 1.89. The van der Waals surface area contributed by atoms with Crippen molar-refractivity contribution in [1.82, 2.24) is 0 Å². The van der Waals surface area contributed by atoms with Gasteiger partial charge >= 0.3 is 0 Å². The Kier molecular flexibility index (Phi) is 4.26. The number of hydrogen-bond donors (Lipinski definition) is 0. The zero-order valence-electron chi connectivity index (χ0n) is 9.87. The van der Waals surface area contributed by atoms with Crippen molar-refractivity contribution in [2.45, 2.75) is 32.4 Å². The molecular formula is C14H18S. The average molecular weight is 218 g/mol. The van der Waals surface area contributed by atoms with Crippen LogP contribution in [0.4, 0.5) is 0 Å². The maximum atomic E-state index is 3.31. The van der Waals surface area contributed by atoms with Gasteiger partial charge in [0.2, 0.25) is 0 Å². The Balaban J connectivity index is 2.77. The lowest BCUT2D eigenvalue weighted by Crippen LogP contribution is -2.04. The minimum absolute atomic E-state index is 0.268. The van der Waals surface area contributed by atoms with E-state index in [1.165, 1.54) is 11.1 Å². The molecule has 80 valence electrons. The van der Waals surface area contributed by atoms with Crippen molar-refractivity contribution in [1.29, 1.82) is 0 Å². The predicted octanol–water partition coefficient (Wildman–Crippen LogP) is 4.73. The van der Waals surface area contributed by atoms with E-state index in [2.05, 4.69) is 63.1 Å². The fraction of sp³-hybridized carbons (Fsp3) is 0.357. The second-order valence-corrected chi connectivity index (χ2v) is 6.18. The van der Waals surface area contributed by atoms with Gasteiger partial charge in [0.05, 0.1) is 0 Å². The van der Waals surface area contributed by atoms with Crippen molar-refractivity contribution >= 4 is 17.3 Å². The Morgan fingerprint density at radius 1 is 1.20 bits per heavy atom. The van der Waals surface area contributed by atoms with Gasteiger partial charge in [-0.3, -0.25) is 0 Å². The molecule has 0 atom stereocenters. The van der Waals surface area contributed by atoms with Crippen molar-refractivity contribution in [2.75, 3.05) is 0 Å². The molecule has 0 aliphatic heterocycles. The van der Waals surface area contributed by atoms with Gasteiger partial charge in [-0.15, -0.1) is 17.5 Å². The summed E-state index contributed by atoms with van der Waals surface area (Å²) in [6.45, 7) is 8.70. The largest absolute Gasteiger partial charge is 0.120 e. The van der Waals surface area contributed by atoms with Crippen molar-refractivity contribution in [3.05, 3.63) is 47.0 Å². The van der Waals surface area contributed by atoms with E-state index in [0.717, 1.165) is 0 Å². The van der Waals surface area contributed by atoms with Crippen LogP contribution in [0, 0.1) is 0 Å². The summed E-state index contributed by atoms with van der Waals surface area (Å²) < 4.78 is 0.268. The number of thioether (sulfide) groups is 1. The number of allylic oxidation sites excluding steroid dienone is 1. The fourth-order valence-corrected chi connectivity index (χ4v) is 1.66. The summed E-state index contributed by atoms with van der Waals surface area (Å²) in [4.78, 5) is 0. The highest BCUT2D eigenvalue weighted by atomic mass is 32.2. The van der Waals surface area contributed by atoms with Crippen molar-refractivity contribution in [3.8, 4) is 0 Å². The van der Waals surface area contributed by atoms with Crippen LogP contribution in [-0.4, -0.2) is 4.75 Å². The molecule has 0 amide bonds. The Morgan fingerprint density at radius 2 is 1.80 bits per heavy atom. The Hall–Kier alpha value is -0.910. The molecule has 0 N–H and O–H groups in total. The molecule has 0 saturated heterocycles. The van der Waals surface area contributed by atoms with Crippen molar-refractivity contribution < 1.29 is 0 Å². The van der Waals surface area contributed by atoms with Gasteiger partial charge in [-0.1, -0.05) is 51.1 Å². The van der Waals surface area contributed by atoms with E-state index in [1.54, 1.807) is 11.8 Å². The number of hydrogen-bond acceptors (Lipinski definition) is 1.